The van der Waals surface area contributed by atoms with Gasteiger partial charge in [-0.05, 0) is 32.9 Å². The number of para-hydroxylation sites is 2. The van der Waals surface area contributed by atoms with Gasteiger partial charge in [-0.25, -0.2) is 9.97 Å². The monoisotopic (exact) mass is 376 g/mol. The van der Waals surface area contributed by atoms with Crippen LogP contribution in [0.5, 0.6) is 5.75 Å². The van der Waals surface area contributed by atoms with Gasteiger partial charge in [0.05, 0.1) is 22.3 Å². The zero-order valence-electron chi connectivity index (χ0n) is 16.4. The molecule has 28 heavy (non-hydrogen) atoms. The van der Waals surface area contributed by atoms with Gasteiger partial charge in [-0.3, -0.25) is 4.79 Å². The summed E-state index contributed by atoms with van der Waals surface area (Å²) in [6, 6.07) is 13.5. The van der Waals surface area contributed by atoms with E-state index >= 15 is 0 Å². The van der Waals surface area contributed by atoms with E-state index in [1.165, 1.54) is 0 Å². The quantitative estimate of drug-likeness (QED) is 0.735. The lowest BCUT2D eigenvalue weighted by Gasteiger charge is -2.28. The number of rotatable bonds is 3. The first-order valence-electron chi connectivity index (χ1n) is 9.47. The third kappa shape index (κ3) is 3.43. The molecule has 0 saturated carbocycles. The molecule has 1 aromatic heterocycles. The third-order valence-corrected chi connectivity index (χ3v) is 4.91. The number of nitrogens with zero attached hydrogens (tertiary/aromatic N) is 2. The molecule has 2 N–H and O–H groups in total. The van der Waals surface area contributed by atoms with E-state index in [0.717, 1.165) is 28.7 Å². The van der Waals surface area contributed by atoms with Crippen LogP contribution in [0.2, 0.25) is 0 Å². The smallest absolute Gasteiger partial charge is 0.255 e. The number of ether oxygens (including phenoxy) is 1. The molecule has 2 aromatic carbocycles. The molecule has 6 nitrogen and oxygen atoms in total. The molecule has 1 amide bonds. The molecule has 0 spiro atoms. The molecule has 0 atom stereocenters. The molecule has 144 valence electrons. The zero-order valence-corrected chi connectivity index (χ0v) is 16.4. The molecule has 0 aliphatic carbocycles. The number of carbonyl (C=O) groups excluding carboxylic acids is 1. The van der Waals surface area contributed by atoms with Gasteiger partial charge >= 0.3 is 0 Å². The van der Waals surface area contributed by atoms with Gasteiger partial charge in [0.1, 0.15) is 18.2 Å². The maximum atomic E-state index is 13.2. The number of aryl methyl sites for hydroxylation is 1. The molecule has 0 radical (unpaired) electrons. The lowest BCUT2D eigenvalue weighted by atomic mass is 9.95. The Morgan fingerprint density at radius 2 is 1.96 bits per heavy atom. The van der Waals surface area contributed by atoms with Crippen LogP contribution in [-0.4, -0.2) is 29.0 Å². The highest BCUT2D eigenvalue weighted by Gasteiger charge is 2.29. The minimum atomic E-state index is -0.684. The molecule has 3 aromatic rings. The number of fused-ring (bicyclic) bond motifs is 2. The van der Waals surface area contributed by atoms with Crippen molar-refractivity contribution in [3.63, 3.8) is 0 Å². The second kappa shape index (κ2) is 7.20. The summed E-state index contributed by atoms with van der Waals surface area (Å²) in [5, 5.41) is 7.38. The van der Waals surface area contributed by atoms with Crippen molar-refractivity contribution in [3.8, 4) is 5.75 Å². The van der Waals surface area contributed by atoms with Crippen LogP contribution in [0.25, 0.3) is 10.9 Å². The van der Waals surface area contributed by atoms with E-state index in [1.54, 1.807) is 6.07 Å². The van der Waals surface area contributed by atoms with Crippen molar-refractivity contribution in [2.24, 2.45) is 0 Å². The van der Waals surface area contributed by atoms with Crippen LogP contribution in [-0.2, 0) is 12.1 Å². The van der Waals surface area contributed by atoms with Gasteiger partial charge < -0.3 is 15.4 Å². The molecule has 0 bridgehead atoms. The fourth-order valence-corrected chi connectivity index (χ4v) is 3.60. The van der Waals surface area contributed by atoms with Crippen LogP contribution < -0.4 is 15.4 Å². The summed E-state index contributed by atoms with van der Waals surface area (Å²) in [6.07, 6.45) is 0. The first-order chi connectivity index (χ1) is 13.5. The van der Waals surface area contributed by atoms with Gasteiger partial charge in [0.25, 0.3) is 5.91 Å². The van der Waals surface area contributed by atoms with Crippen LogP contribution in [0, 0.1) is 6.92 Å². The number of aromatic nitrogens is 2. The Balaban J connectivity index is 1.71. The minimum absolute atomic E-state index is 0.177. The SMILES string of the molecule is Cc1nc(C(C)(C)NC(=O)c2cccc3c2OCCNC3)c2ccccc2n1. The first-order valence-corrected chi connectivity index (χ1v) is 9.47. The Labute approximate surface area is 164 Å². The van der Waals surface area contributed by atoms with E-state index in [-0.39, 0.29) is 5.91 Å². The summed E-state index contributed by atoms with van der Waals surface area (Å²) in [7, 11) is 0. The Hall–Kier alpha value is -2.99. The second-order valence-corrected chi connectivity index (χ2v) is 7.53. The van der Waals surface area contributed by atoms with Crippen molar-refractivity contribution >= 4 is 16.8 Å². The molecule has 0 fully saturated rings. The summed E-state index contributed by atoms with van der Waals surface area (Å²) < 4.78 is 5.86. The number of carbonyl (C=O) groups is 1. The van der Waals surface area contributed by atoms with E-state index in [0.29, 0.717) is 30.3 Å². The maximum absolute atomic E-state index is 13.2. The maximum Gasteiger partial charge on any atom is 0.255 e. The van der Waals surface area contributed by atoms with Gasteiger partial charge in [-0.2, -0.15) is 0 Å². The first kappa shape index (κ1) is 18.4. The van der Waals surface area contributed by atoms with E-state index in [4.69, 9.17) is 4.74 Å². The largest absolute Gasteiger partial charge is 0.491 e. The lowest BCUT2D eigenvalue weighted by molar-refractivity contribution is 0.0907. The molecular formula is C22H24N4O2. The number of amides is 1. The molecular weight excluding hydrogens is 352 g/mol. The van der Waals surface area contributed by atoms with Crippen molar-refractivity contribution < 1.29 is 9.53 Å². The van der Waals surface area contributed by atoms with Gasteiger partial charge in [-0.1, -0.05) is 30.3 Å². The standard InChI is InChI=1S/C22H24N4O2/c1-14-24-18-10-5-4-8-16(18)20(25-14)22(2,3)26-21(27)17-9-6-7-15-13-23-11-12-28-19(15)17/h4-10,23H,11-13H2,1-3H3,(H,26,27). The fraction of sp³-hybridized carbons (Fsp3) is 0.318. The second-order valence-electron chi connectivity index (χ2n) is 7.53. The summed E-state index contributed by atoms with van der Waals surface area (Å²) in [5.41, 5.74) is 2.52. The lowest BCUT2D eigenvalue weighted by Crippen LogP contribution is -2.42. The number of benzene rings is 2. The molecule has 0 unspecified atom stereocenters. The van der Waals surface area contributed by atoms with Crippen LogP contribution in [0.15, 0.2) is 42.5 Å². The molecule has 0 saturated heterocycles. The predicted molar refractivity (Wildman–Crippen MR) is 108 cm³/mol. The average Bonchev–Trinajstić information content (AvgIpc) is 2.92. The van der Waals surface area contributed by atoms with E-state index < -0.39 is 5.54 Å². The van der Waals surface area contributed by atoms with Crippen molar-refractivity contribution in [1.82, 2.24) is 20.6 Å². The minimum Gasteiger partial charge on any atom is -0.491 e. The topological polar surface area (TPSA) is 76.1 Å². The average molecular weight is 376 g/mol. The van der Waals surface area contributed by atoms with Crippen LogP contribution in [0.1, 0.15) is 41.3 Å². The predicted octanol–water partition coefficient (Wildman–Crippen LogP) is 3.09. The summed E-state index contributed by atoms with van der Waals surface area (Å²) in [6.45, 7) is 7.78. The number of hydrogen-bond donors (Lipinski definition) is 2. The van der Waals surface area contributed by atoms with Crippen molar-refractivity contribution in [2.75, 3.05) is 13.2 Å². The molecule has 1 aliphatic heterocycles. The van der Waals surface area contributed by atoms with Gasteiger partial charge in [0.15, 0.2) is 0 Å². The van der Waals surface area contributed by atoms with Crippen LogP contribution in [0.4, 0.5) is 0 Å². The number of hydrogen-bond acceptors (Lipinski definition) is 5. The van der Waals surface area contributed by atoms with Gasteiger partial charge in [0.2, 0.25) is 0 Å². The molecule has 4 rings (SSSR count). The van der Waals surface area contributed by atoms with E-state index in [2.05, 4.69) is 20.6 Å². The van der Waals surface area contributed by atoms with Gasteiger partial charge in [0, 0.05) is 24.0 Å². The van der Waals surface area contributed by atoms with E-state index in [1.807, 2.05) is 57.2 Å². The Morgan fingerprint density at radius 3 is 2.82 bits per heavy atom. The summed E-state index contributed by atoms with van der Waals surface area (Å²) >= 11 is 0. The number of nitrogens with one attached hydrogen (secondary N) is 2. The Kier molecular flexibility index (Phi) is 4.73. The molecule has 1 aliphatic rings. The highest BCUT2D eigenvalue weighted by Crippen LogP contribution is 2.29. The van der Waals surface area contributed by atoms with Crippen molar-refractivity contribution in [3.05, 3.63) is 65.1 Å². The van der Waals surface area contributed by atoms with Crippen molar-refractivity contribution in [2.45, 2.75) is 32.9 Å². The highest BCUT2D eigenvalue weighted by molar-refractivity contribution is 5.98. The Morgan fingerprint density at radius 1 is 1.14 bits per heavy atom. The third-order valence-electron chi connectivity index (χ3n) is 4.91. The van der Waals surface area contributed by atoms with Gasteiger partial charge in [-0.15, -0.1) is 0 Å². The van der Waals surface area contributed by atoms with Crippen molar-refractivity contribution in [1.29, 1.82) is 0 Å². The Bertz CT molecular complexity index is 1050. The zero-order chi connectivity index (χ0) is 19.7. The normalized spacial score (nSPS) is 14.1. The van der Waals surface area contributed by atoms with Crippen LogP contribution >= 0.6 is 0 Å². The summed E-state index contributed by atoms with van der Waals surface area (Å²) in [4.78, 5) is 22.3. The van der Waals surface area contributed by atoms with Crippen LogP contribution in [0.3, 0.4) is 0 Å². The molecule has 2 heterocycles. The summed E-state index contributed by atoms with van der Waals surface area (Å²) in [5.74, 6) is 1.16. The fourth-order valence-electron chi connectivity index (χ4n) is 3.60. The highest BCUT2D eigenvalue weighted by atomic mass is 16.5. The molecule has 6 heteroatoms. The van der Waals surface area contributed by atoms with E-state index in [9.17, 15) is 4.79 Å².